The van der Waals surface area contributed by atoms with E-state index in [1.54, 1.807) is 6.07 Å². The number of fused-ring (bicyclic) bond motifs is 3. The van der Waals surface area contributed by atoms with E-state index >= 15 is 4.39 Å². The molecule has 1 saturated heterocycles. The second kappa shape index (κ2) is 8.73. The van der Waals surface area contributed by atoms with Crippen LogP contribution >= 0.6 is 0 Å². The van der Waals surface area contributed by atoms with E-state index in [4.69, 9.17) is 13.0 Å². The van der Waals surface area contributed by atoms with Gasteiger partial charge in [0.25, 0.3) is 0 Å². The van der Waals surface area contributed by atoms with Crippen molar-refractivity contribution in [2.24, 2.45) is 19.9 Å². The molecule has 11 nitrogen and oxygen atoms in total. The molecular formula is C25H25FN8O3. The van der Waals surface area contributed by atoms with Gasteiger partial charge in [0.15, 0.2) is 5.69 Å². The summed E-state index contributed by atoms with van der Waals surface area (Å²) in [4.78, 5) is 21.4. The van der Waals surface area contributed by atoms with E-state index in [1.165, 1.54) is 40.8 Å². The first-order valence-electron chi connectivity index (χ1n) is 14.5. The largest absolute Gasteiger partial charge is 0.476 e. The van der Waals surface area contributed by atoms with Gasteiger partial charge in [-0.3, -0.25) is 14.6 Å². The number of ether oxygens (including phenoxy) is 1. The van der Waals surface area contributed by atoms with Gasteiger partial charge in [-0.1, -0.05) is 5.21 Å². The Bertz CT molecular complexity index is 1870. The van der Waals surface area contributed by atoms with Crippen LogP contribution in [0.3, 0.4) is 0 Å². The number of aryl methyl sites for hydroxylation is 3. The summed E-state index contributed by atoms with van der Waals surface area (Å²) >= 11 is 0. The molecule has 0 amide bonds. The van der Waals surface area contributed by atoms with E-state index in [0.29, 0.717) is 30.7 Å². The third-order valence-corrected chi connectivity index (χ3v) is 6.81. The van der Waals surface area contributed by atoms with E-state index in [1.807, 2.05) is 0 Å². The first kappa shape index (κ1) is 17.3. The van der Waals surface area contributed by atoms with Gasteiger partial charge >= 0.3 is 5.97 Å². The lowest BCUT2D eigenvalue weighted by molar-refractivity contribution is 0.0541. The maximum atomic E-state index is 15.5. The molecule has 190 valence electrons. The molecule has 0 spiro atoms. The number of carboxylic acid groups (broad SMARTS) is 1. The van der Waals surface area contributed by atoms with Crippen molar-refractivity contribution in [2.75, 3.05) is 13.2 Å². The second-order valence-electron chi connectivity index (χ2n) is 8.90. The number of halogens is 1. The monoisotopic (exact) mass is 510 g/mol. The Hall–Kier alpha value is -4.19. The normalized spacial score (nSPS) is 18.6. The van der Waals surface area contributed by atoms with Crippen LogP contribution in [0.4, 0.5) is 4.39 Å². The molecule has 0 bridgehead atoms. The zero-order valence-corrected chi connectivity index (χ0v) is 19.6. The zero-order chi connectivity index (χ0) is 30.8. The summed E-state index contributed by atoms with van der Waals surface area (Å²) in [5.74, 6) is -2.45. The number of carboxylic acids is 1. The fourth-order valence-electron chi connectivity index (χ4n) is 5.24. The van der Waals surface area contributed by atoms with Crippen molar-refractivity contribution in [1.82, 2.24) is 39.3 Å². The molecule has 6 rings (SSSR count). The Morgan fingerprint density at radius 3 is 2.84 bits per heavy atom. The summed E-state index contributed by atoms with van der Waals surface area (Å²) in [6, 6.07) is 3.30. The Morgan fingerprint density at radius 1 is 1.27 bits per heavy atom. The number of aromatic carboxylic acids is 1. The lowest BCUT2D eigenvalue weighted by Crippen LogP contribution is -2.28. The zero-order valence-electron chi connectivity index (χ0n) is 25.6. The molecule has 0 radical (unpaired) electrons. The number of pyridine rings is 2. The van der Waals surface area contributed by atoms with E-state index in [9.17, 15) is 9.90 Å². The van der Waals surface area contributed by atoms with Crippen molar-refractivity contribution in [1.29, 1.82) is 0 Å². The number of rotatable bonds is 5. The minimum atomic E-state index is -2.89. The number of hydrogen-bond donors (Lipinski definition) is 1. The first-order chi connectivity index (χ1) is 20.3. The van der Waals surface area contributed by atoms with Crippen LogP contribution in [0.2, 0.25) is 0 Å². The number of aromatic nitrogens is 8. The third kappa shape index (κ3) is 3.58. The molecule has 1 aliphatic heterocycles. The predicted molar refractivity (Wildman–Crippen MR) is 132 cm³/mol. The lowest BCUT2D eigenvalue weighted by Gasteiger charge is -2.32. The summed E-state index contributed by atoms with van der Waals surface area (Å²) in [7, 11) is 1.51. The summed E-state index contributed by atoms with van der Waals surface area (Å²) in [6.07, 6.45) is 3.70. The van der Waals surface area contributed by atoms with Gasteiger partial charge in [-0.15, -0.1) is 5.10 Å². The second-order valence-corrected chi connectivity index (χ2v) is 8.90. The summed E-state index contributed by atoms with van der Waals surface area (Å²) in [6.45, 7) is -4.78. The number of hydrogen-bond acceptors (Lipinski definition) is 7. The molecule has 0 aliphatic carbocycles. The first-order valence-corrected chi connectivity index (χ1v) is 11.5. The molecule has 1 aliphatic rings. The van der Waals surface area contributed by atoms with Crippen LogP contribution < -0.4 is 0 Å². The Balaban J connectivity index is 1.78. The molecule has 37 heavy (non-hydrogen) atoms. The van der Waals surface area contributed by atoms with Crippen LogP contribution in [0.25, 0.3) is 33.3 Å². The standard InChI is InChI=1S/C25H25FN8O3/c1-13-21(33(3)31-29-13)15-11-17-19(28-12-15)23-24(20(25(35)36)30-32(23)2)34(17)22(14-6-9-37-10-7-14)18-16(26)5-4-8-27-18/h4-5,8,11-12,14,22H,6-7,9-10H2,1-3H3,(H,35,36)/i1D3,2D3. The number of nitrogens with zero attached hydrogens (tertiary/aromatic N) is 8. The van der Waals surface area contributed by atoms with Gasteiger partial charge < -0.3 is 14.4 Å². The molecule has 12 heteroatoms. The van der Waals surface area contributed by atoms with Crippen LogP contribution in [0, 0.1) is 18.6 Å². The fraction of sp³-hybridized carbons (Fsp3) is 0.360. The summed E-state index contributed by atoms with van der Waals surface area (Å²) in [5, 5.41) is 21.9. The highest BCUT2D eigenvalue weighted by molar-refractivity contribution is 6.11. The molecule has 1 N–H and O–H groups in total. The Labute approximate surface area is 218 Å². The maximum Gasteiger partial charge on any atom is 0.358 e. The van der Waals surface area contributed by atoms with Crippen molar-refractivity contribution < 1.29 is 27.3 Å². The molecule has 1 atom stereocenters. The van der Waals surface area contributed by atoms with Crippen LogP contribution in [-0.4, -0.2) is 63.6 Å². The van der Waals surface area contributed by atoms with E-state index in [-0.39, 0.29) is 50.6 Å². The average molecular weight is 511 g/mol. The highest BCUT2D eigenvalue weighted by Gasteiger charge is 2.36. The van der Waals surface area contributed by atoms with E-state index in [0.717, 1.165) is 0 Å². The van der Waals surface area contributed by atoms with Crippen LogP contribution in [0.5, 0.6) is 0 Å². The molecule has 1 fully saturated rings. The topological polar surface area (TPSA) is 126 Å². The van der Waals surface area contributed by atoms with Gasteiger partial charge in [0.2, 0.25) is 0 Å². The van der Waals surface area contributed by atoms with E-state index in [2.05, 4.69) is 25.4 Å². The molecule has 5 aromatic rings. The van der Waals surface area contributed by atoms with Gasteiger partial charge in [0.05, 0.1) is 28.6 Å². The quantitative estimate of drug-likeness (QED) is 0.382. The molecular weight excluding hydrogens is 479 g/mol. The highest BCUT2D eigenvalue weighted by atomic mass is 19.1. The van der Waals surface area contributed by atoms with Crippen molar-refractivity contribution >= 4 is 28.0 Å². The lowest BCUT2D eigenvalue weighted by atomic mass is 9.88. The van der Waals surface area contributed by atoms with Gasteiger partial charge in [0.1, 0.15) is 22.4 Å². The van der Waals surface area contributed by atoms with Gasteiger partial charge in [0, 0.05) is 53.4 Å². The predicted octanol–water partition coefficient (Wildman–Crippen LogP) is 3.28. The van der Waals surface area contributed by atoms with E-state index < -0.39 is 37.4 Å². The van der Waals surface area contributed by atoms with Gasteiger partial charge in [-0.2, -0.15) is 5.10 Å². The Kier molecular flexibility index (Phi) is 4.08. The molecule has 6 heterocycles. The number of carbonyl (C=O) groups is 1. The van der Waals surface area contributed by atoms with Crippen molar-refractivity contribution in [3.05, 3.63) is 53.5 Å². The fourth-order valence-corrected chi connectivity index (χ4v) is 5.24. The van der Waals surface area contributed by atoms with Crippen LogP contribution in [0.1, 0.15) is 49.0 Å². The van der Waals surface area contributed by atoms with Crippen molar-refractivity contribution in [3.63, 3.8) is 0 Å². The summed E-state index contributed by atoms with van der Waals surface area (Å²) < 4.78 is 72.7. The minimum Gasteiger partial charge on any atom is -0.476 e. The van der Waals surface area contributed by atoms with Gasteiger partial charge in [-0.05, 0) is 43.8 Å². The molecule has 1 unspecified atom stereocenters. The summed E-state index contributed by atoms with van der Waals surface area (Å²) in [5.41, 5.74) is -0.297. The molecule has 0 aromatic carbocycles. The maximum absolute atomic E-state index is 15.5. The molecule has 0 saturated carbocycles. The highest BCUT2D eigenvalue weighted by Crippen LogP contribution is 2.42. The van der Waals surface area contributed by atoms with Crippen molar-refractivity contribution in [3.8, 4) is 11.3 Å². The third-order valence-electron chi connectivity index (χ3n) is 6.81. The average Bonchev–Trinajstić information content (AvgIpc) is 3.62. The smallest absolute Gasteiger partial charge is 0.358 e. The minimum absolute atomic E-state index is 0.0157. The SMILES string of the molecule is [2H]C([2H])([2H])c1nnn(C)c1-c1cnc2c3c(c(C(=O)O)nn3C([2H])([2H])[2H])n(C(c3ncccc3F)C3CCOCC3)c2c1. The van der Waals surface area contributed by atoms with Gasteiger partial charge in [-0.25, -0.2) is 13.9 Å². The Morgan fingerprint density at radius 2 is 2.11 bits per heavy atom. The van der Waals surface area contributed by atoms with Crippen LogP contribution in [-0.2, 0) is 18.8 Å². The van der Waals surface area contributed by atoms with Crippen molar-refractivity contribution in [2.45, 2.75) is 25.7 Å². The van der Waals surface area contributed by atoms with Crippen LogP contribution in [0.15, 0.2) is 30.6 Å². The molecule has 5 aromatic heterocycles.